The van der Waals surface area contributed by atoms with E-state index < -0.39 is 28.5 Å². The summed E-state index contributed by atoms with van der Waals surface area (Å²) >= 11 is 15.6. The first-order valence-electron chi connectivity index (χ1n) is 11.4. The number of anilines is 1. The average molecular weight is 627 g/mol. The van der Waals surface area contributed by atoms with Crippen LogP contribution in [0.15, 0.2) is 82.2 Å². The molecule has 1 N–H and O–H groups in total. The van der Waals surface area contributed by atoms with Crippen molar-refractivity contribution in [2.45, 2.75) is 31.3 Å². The predicted octanol–water partition coefficient (Wildman–Crippen LogP) is 5.50. The number of nitrogens with one attached hydrogen (secondary N) is 1. The minimum atomic E-state index is -4.11. The van der Waals surface area contributed by atoms with Gasteiger partial charge in [-0.2, -0.15) is 0 Å². The quantitative estimate of drug-likeness (QED) is 0.322. The summed E-state index contributed by atoms with van der Waals surface area (Å²) in [4.78, 5) is 27.8. The van der Waals surface area contributed by atoms with Crippen molar-refractivity contribution in [1.29, 1.82) is 0 Å². The molecule has 0 aromatic heterocycles. The van der Waals surface area contributed by atoms with Crippen LogP contribution in [0.5, 0.6) is 0 Å². The highest BCUT2D eigenvalue weighted by Crippen LogP contribution is 2.27. The van der Waals surface area contributed by atoms with Crippen LogP contribution in [-0.4, -0.2) is 44.3 Å². The standard InChI is InChI=1S/C26H26BrCl2N3O4S/c1-3-30-26(34)18(2)31(16-19-9-14-23(28)24(29)15-19)25(33)17-32(21-12-10-20(27)11-13-21)37(35,36)22-7-5-4-6-8-22/h4-15,18H,3,16-17H2,1-2H3,(H,30,34)/t18-/m0/s1. The highest BCUT2D eigenvalue weighted by Gasteiger charge is 2.32. The molecule has 37 heavy (non-hydrogen) atoms. The van der Waals surface area contributed by atoms with Gasteiger partial charge in [0.1, 0.15) is 12.6 Å². The van der Waals surface area contributed by atoms with Crippen LogP contribution in [-0.2, 0) is 26.2 Å². The molecule has 3 aromatic rings. The molecule has 0 aliphatic rings. The molecule has 0 bridgehead atoms. The lowest BCUT2D eigenvalue weighted by molar-refractivity contribution is -0.139. The predicted molar refractivity (Wildman–Crippen MR) is 150 cm³/mol. The Labute approximate surface area is 235 Å². The van der Waals surface area contributed by atoms with Gasteiger partial charge in [-0.05, 0) is 67.9 Å². The summed E-state index contributed by atoms with van der Waals surface area (Å²) in [5, 5.41) is 3.38. The first-order chi connectivity index (χ1) is 17.5. The van der Waals surface area contributed by atoms with Crippen molar-refractivity contribution < 1.29 is 18.0 Å². The lowest BCUT2D eigenvalue weighted by atomic mass is 10.1. The summed E-state index contributed by atoms with van der Waals surface area (Å²) in [6, 6.07) is 18.5. The Morgan fingerprint density at radius 2 is 1.62 bits per heavy atom. The highest BCUT2D eigenvalue weighted by molar-refractivity contribution is 9.10. The number of halogens is 3. The largest absolute Gasteiger partial charge is 0.355 e. The zero-order chi connectivity index (χ0) is 27.2. The molecule has 7 nitrogen and oxygen atoms in total. The van der Waals surface area contributed by atoms with Gasteiger partial charge in [-0.3, -0.25) is 13.9 Å². The van der Waals surface area contributed by atoms with Crippen LogP contribution in [0, 0.1) is 0 Å². The third-order valence-electron chi connectivity index (χ3n) is 5.58. The summed E-state index contributed by atoms with van der Waals surface area (Å²) in [7, 11) is -4.11. The number of likely N-dealkylation sites (N-methyl/N-ethyl adjacent to an activating group) is 1. The second kappa shape index (κ2) is 12.8. The summed E-state index contributed by atoms with van der Waals surface area (Å²) in [5.41, 5.74) is 0.945. The number of hydrogen-bond donors (Lipinski definition) is 1. The zero-order valence-electron chi connectivity index (χ0n) is 20.2. The molecule has 0 fully saturated rings. The Balaban J connectivity index is 2.02. The van der Waals surface area contributed by atoms with Gasteiger partial charge in [0.15, 0.2) is 0 Å². The molecule has 0 saturated heterocycles. The molecule has 3 aromatic carbocycles. The Kier molecular flexibility index (Phi) is 10.0. The Bertz CT molecular complexity index is 1360. The number of nitrogens with zero attached hydrogens (tertiary/aromatic N) is 2. The van der Waals surface area contributed by atoms with Gasteiger partial charge in [0.2, 0.25) is 11.8 Å². The molecule has 0 aliphatic carbocycles. The molecule has 11 heteroatoms. The van der Waals surface area contributed by atoms with Gasteiger partial charge in [-0.1, -0.05) is 63.4 Å². The van der Waals surface area contributed by atoms with Crippen molar-refractivity contribution in [2.24, 2.45) is 0 Å². The average Bonchev–Trinajstić information content (AvgIpc) is 2.88. The van der Waals surface area contributed by atoms with E-state index in [0.29, 0.717) is 27.8 Å². The maximum Gasteiger partial charge on any atom is 0.264 e. The molecule has 3 rings (SSSR count). The van der Waals surface area contributed by atoms with Crippen LogP contribution in [0.2, 0.25) is 10.0 Å². The third-order valence-corrected chi connectivity index (χ3v) is 8.64. The SMILES string of the molecule is CCNC(=O)[C@H](C)N(Cc1ccc(Cl)c(Cl)c1)C(=O)CN(c1ccc(Br)cc1)S(=O)(=O)c1ccccc1. The van der Waals surface area contributed by atoms with Crippen molar-refractivity contribution in [3.8, 4) is 0 Å². The minimum Gasteiger partial charge on any atom is -0.355 e. The van der Waals surface area contributed by atoms with E-state index >= 15 is 0 Å². The Hall–Kier alpha value is -2.59. The maximum atomic E-state index is 13.7. The van der Waals surface area contributed by atoms with Crippen LogP contribution in [0.4, 0.5) is 5.69 Å². The molecule has 2 amide bonds. The Morgan fingerprint density at radius 1 is 0.973 bits per heavy atom. The number of benzene rings is 3. The normalized spacial score (nSPS) is 12.0. The molecule has 0 saturated carbocycles. The molecule has 0 aliphatic heterocycles. The summed E-state index contributed by atoms with van der Waals surface area (Å²) in [6.07, 6.45) is 0. The number of carbonyl (C=O) groups is 2. The first-order valence-corrected chi connectivity index (χ1v) is 14.4. The van der Waals surface area contributed by atoms with Crippen molar-refractivity contribution in [3.63, 3.8) is 0 Å². The molecular formula is C26H26BrCl2N3O4S. The van der Waals surface area contributed by atoms with E-state index in [-0.39, 0.29) is 17.3 Å². The lowest BCUT2D eigenvalue weighted by Gasteiger charge is -2.32. The highest BCUT2D eigenvalue weighted by atomic mass is 79.9. The molecule has 1 atom stereocenters. The number of amides is 2. The molecule has 196 valence electrons. The molecule has 0 unspecified atom stereocenters. The fraction of sp³-hybridized carbons (Fsp3) is 0.231. The van der Waals surface area contributed by atoms with E-state index in [9.17, 15) is 18.0 Å². The zero-order valence-corrected chi connectivity index (χ0v) is 24.1. The van der Waals surface area contributed by atoms with Crippen LogP contribution in [0.3, 0.4) is 0 Å². The summed E-state index contributed by atoms with van der Waals surface area (Å²) in [6.45, 7) is 3.25. The number of sulfonamides is 1. The number of rotatable bonds is 10. The Morgan fingerprint density at radius 3 is 2.22 bits per heavy atom. The van der Waals surface area contributed by atoms with Crippen molar-refractivity contribution in [3.05, 3.63) is 92.9 Å². The topological polar surface area (TPSA) is 86.8 Å². The van der Waals surface area contributed by atoms with E-state index in [1.54, 1.807) is 74.5 Å². The molecule has 0 heterocycles. The monoisotopic (exact) mass is 625 g/mol. The fourth-order valence-electron chi connectivity index (χ4n) is 3.60. The van der Waals surface area contributed by atoms with Crippen molar-refractivity contribution in [2.75, 3.05) is 17.4 Å². The van der Waals surface area contributed by atoms with E-state index in [1.807, 2.05) is 0 Å². The van der Waals surface area contributed by atoms with Gasteiger partial charge >= 0.3 is 0 Å². The van der Waals surface area contributed by atoms with Gasteiger partial charge in [0, 0.05) is 17.6 Å². The van der Waals surface area contributed by atoms with Gasteiger partial charge in [0.05, 0.1) is 20.6 Å². The van der Waals surface area contributed by atoms with Crippen LogP contribution in [0.25, 0.3) is 0 Å². The van der Waals surface area contributed by atoms with Gasteiger partial charge in [0.25, 0.3) is 10.0 Å². The van der Waals surface area contributed by atoms with Crippen molar-refractivity contribution >= 4 is 66.7 Å². The second-order valence-electron chi connectivity index (χ2n) is 8.14. The van der Waals surface area contributed by atoms with E-state index in [4.69, 9.17) is 23.2 Å². The summed E-state index contributed by atoms with van der Waals surface area (Å²) in [5.74, 6) is -0.927. The fourth-order valence-corrected chi connectivity index (χ4v) is 5.62. The van der Waals surface area contributed by atoms with Crippen molar-refractivity contribution in [1.82, 2.24) is 10.2 Å². The van der Waals surface area contributed by atoms with E-state index in [1.165, 1.54) is 17.0 Å². The number of carbonyl (C=O) groups excluding carboxylic acids is 2. The minimum absolute atomic E-state index is 0.0214. The molecular weight excluding hydrogens is 601 g/mol. The van der Waals surface area contributed by atoms with E-state index in [0.717, 1.165) is 8.78 Å². The van der Waals surface area contributed by atoms with Crippen LogP contribution < -0.4 is 9.62 Å². The lowest BCUT2D eigenvalue weighted by Crippen LogP contribution is -2.51. The van der Waals surface area contributed by atoms with Crippen LogP contribution >= 0.6 is 39.1 Å². The second-order valence-corrected chi connectivity index (χ2v) is 11.7. The van der Waals surface area contributed by atoms with Gasteiger partial charge in [-0.25, -0.2) is 8.42 Å². The molecule has 0 radical (unpaired) electrons. The van der Waals surface area contributed by atoms with Gasteiger partial charge < -0.3 is 10.2 Å². The number of hydrogen-bond acceptors (Lipinski definition) is 4. The first kappa shape index (κ1) is 29.0. The third kappa shape index (κ3) is 7.25. The smallest absolute Gasteiger partial charge is 0.264 e. The summed E-state index contributed by atoms with van der Waals surface area (Å²) < 4.78 is 29.1. The van der Waals surface area contributed by atoms with Crippen LogP contribution in [0.1, 0.15) is 19.4 Å². The van der Waals surface area contributed by atoms with Gasteiger partial charge in [-0.15, -0.1) is 0 Å². The van der Waals surface area contributed by atoms with E-state index in [2.05, 4.69) is 21.2 Å². The maximum absolute atomic E-state index is 13.7. The molecule has 0 spiro atoms.